The molecule has 102 valence electrons. The number of hydrogen-bond acceptors (Lipinski definition) is 3. The minimum absolute atomic E-state index is 0.0197. The maximum atomic E-state index is 10.6. The second-order valence-corrected chi connectivity index (χ2v) is 4.74. The molecule has 0 heterocycles. The van der Waals surface area contributed by atoms with Crippen molar-refractivity contribution in [2.45, 2.75) is 26.8 Å². The molecule has 0 fully saturated rings. The highest BCUT2D eigenvalue weighted by Crippen LogP contribution is 2.09. The zero-order chi connectivity index (χ0) is 14.3. The van der Waals surface area contributed by atoms with Gasteiger partial charge in [-0.25, -0.2) is 0 Å². The second kappa shape index (κ2) is 7.55. The predicted octanol–water partition coefficient (Wildman–Crippen LogP) is 2.30. The Kier molecular flexibility index (Phi) is 6.04. The van der Waals surface area contributed by atoms with Crippen LogP contribution < -0.4 is 0 Å². The summed E-state index contributed by atoms with van der Waals surface area (Å²) in [5, 5.41) is 17.5. The lowest BCUT2D eigenvalue weighted by molar-refractivity contribution is -0.136. The summed E-state index contributed by atoms with van der Waals surface area (Å²) in [6.45, 7) is 6.42. The smallest absolute Gasteiger partial charge is 0.307 e. The molecule has 0 bridgehead atoms. The molecule has 1 atom stereocenters. The summed E-state index contributed by atoms with van der Waals surface area (Å²) in [4.78, 5) is 12.8. The Morgan fingerprint density at radius 2 is 1.95 bits per heavy atom. The van der Waals surface area contributed by atoms with Crippen molar-refractivity contribution in [2.24, 2.45) is 5.92 Å². The summed E-state index contributed by atoms with van der Waals surface area (Å²) < 4.78 is 0. The van der Waals surface area contributed by atoms with Crippen LogP contribution in [0.4, 0.5) is 0 Å². The number of carboxylic acid groups (broad SMARTS) is 1. The van der Waals surface area contributed by atoms with E-state index in [1.807, 2.05) is 31.2 Å². The van der Waals surface area contributed by atoms with Crippen LogP contribution >= 0.6 is 0 Å². The largest absolute Gasteiger partial charge is 0.481 e. The molecule has 0 aliphatic heterocycles. The molecular formula is C15H20N2O2. The first kappa shape index (κ1) is 15.2. The van der Waals surface area contributed by atoms with Gasteiger partial charge < -0.3 is 5.11 Å². The van der Waals surface area contributed by atoms with Gasteiger partial charge in [-0.1, -0.05) is 31.2 Å². The third-order valence-electron chi connectivity index (χ3n) is 2.98. The van der Waals surface area contributed by atoms with Gasteiger partial charge in [-0.2, -0.15) is 5.26 Å². The molecule has 1 aromatic carbocycles. The van der Waals surface area contributed by atoms with Crippen LogP contribution in [-0.2, 0) is 17.8 Å². The van der Waals surface area contributed by atoms with Crippen molar-refractivity contribution in [1.29, 1.82) is 5.26 Å². The van der Waals surface area contributed by atoms with E-state index in [1.54, 1.807) is 0 Å². The van der Waals surface area contributed by atoms with Gasteiger partial charge in [0.2, 0.25) is 0 Å². The summed E-state index contributed by atoms with van der Waals surface area (Å²) >= 11 is 0. The maximum Gasteiger partial charge on any atom is 0.307 e. The Morgan fingerprint density at radius 1 is 1.37 bits per heavy atom. The van der Waals surface area contributed by atoms with Gasteiger partial charge in [0.25, 0.3) is 0 Å². The Bertz CT molecular complexity index is 448. The van der Waals surface area contributed by atoms with Gasteiger partial charge in [0.15, 0.2) is 0 Å². The van der Waals surface area contributed by atoms with Gasteiger partial charge in [-0.15, -0.1) is 0 Å². The van der Waals surface area contributed by atoms with Crippen molar-refractivity contribution in [3.8, 4) is 6.07 Å². The van der Waals surface area contributed by atoms with Crippen LogP contribution in [-0.4, -0.2) is 29.1 Å². The first-order chi connectivity index (χ1) is 9.05. The fraction of sp³-hybridized carbons (Fsp3) is 0.467. The van der Waals surface area contributed by atoms with Gasteiger partial charge >= 0.3 is 5.97 Å². The van der Waals surface area contributed by atoms with Gasteiger partial charge in [0.05, 0.1) is 18.4 Å². The summed E-state index contributed by atoms with van der Waals surface area (Å²) in [5.41, 5.74) is 1.95. The lowest BCUT2D eigenvalue weighted by atomic mass is 10.1. The van der Waals surface area contributed by atoms with Crippen LogP contribution in [0.5, 0.6) is 0 Å². The molecule has 0 aromatic heterocycles. The molecule has 0 aliphatic carbocycles. The van der Waals surface area contributed by atoms with Crippen LogP contribution in [0.1, 0.15) is 25.0 Å². The quantitative estimate of drug-likeness (QED) is 0.817. The molecule has 0 radical (unpaired) electrons. The van der Waals surface area contributed by atoms with Crippen molar-refractivity contribution < 1.29 is 9.90 Å². The molecule has 4 nitrogen and oxygen atoms in total. The first-order valence-electron chi connectivity index (χ1n) is 6.46. The van der Waals surface area contributed by atoms with Crippen LogP contribution in [0.2, 0.25) is 0 Å². The number of aliphatic carboxylic acids is 1. The Labute approximate surface area is 114 Å². The highest BCUT2D eigenvalue weighted by molar-refractivity contribution is 5.70. The molecule has 4 heteroatoms. The lowest BCUT2D eigenvalue weighted by Gasteiger charge is -2.21. The van der Waals surface area contributed by atoms with Gasteiger partial charge in [-0.3, -0.25) is 9.69 Å². The maximum absolute atomic E-state index is 10.6. The van der Waals surface area contributed by atoms with Gasteiger partial charge in [0.1, 0.15) is 0 Å². The average Bonchev–Trinajstić information content (AvgIpc) is 2.39. The van der Waals surface area contributed by atoms with E-state index in [2.05, 4.69) is 17.9 Å². The van der Waals surface area contributed by atoms with E-state index >= 15 is 0 Å². The average molecular weight is 260 g/mol. The fourth-order valence-corrected chi connectivity index (χ4v) is 1.93. The lowest BCUT2D eigenvalue weighted by Crippen LogP contribution is -2.27. The molecule has 1 aromatic rings. The zero-order valence-corrected chi connectivity index (χ0v) is 11.5. The SMILES string of the molecule is CCN(Cc1ccc(CC(=O)O)cc1)CC(C)C#N. The van der Waals surface area contributed by atoms with E-state index in [0.717, 1.165) is 30.8 Å². The molecule has 0 aliphatic rings. The predicted molar refractivity (Wildman–Crippen MR) is 73.5 cm³/mol. The minimum atomic E-state index is -0.814. The highest BCUT2D eigenvalue weighted by Gasteiger charge is 2.08. The fourth-order valence-electron chi connectivity index (χ4n) is 1.93. The van der Waals surface area contributed by atoms with E-state index < -0.39 is 5.97 Å². The Balaban J connectivity index is 2.60. The molecule has 1 N–H and O–H groups in total. The molecule has 0 spiro atoms. The number of carbonyl (C=O) groups is 1. The molecule has 1 unspecified atom stereocenters. The third-order valence-corrected chi connectivity index (χ3v) is 2.98. The summed E-state index contributed by atoms with van der Waals surface area (Å²) in [6, 6.07) is 9.86. The van der Waals surface area contributed by atoms with Crippen molar-refractivity contribution in [3.63, 3.8) is 0 Å². The van der Waals surface area contributed by atoms with Gasteiger partial charge in [0, 0.05) is 13.1 Å². The van der Waals surface area contributed by atoms with Crippen LogP contribution in [0.3, 0.4) is 0 Å². The molecule has 19 heavy (non-hydrogen) atoms. The second-order valence-electron chi connectivity index (χ2n) is 4.74. The molecular weight excluding hydrogens is 240 g/mol. The number of nitriles is 1. The number of rotatable bonds is 7. The van der Waals surface area contributed by atoms with E-state index in [4.69, 9.17) is 10.4 Å². The van der Waals surface area contributed by atoms with E-state index in [1.165, 1.54) is 0 Å². The normalized spacial score (nSPS) is 12.1. The third kappa shape index (κ3) is 5.54. The molecule has 0 saturated carbocycles. The van der Waals surface area contributed by atoms with E-state index in [-0.39, 0.29) is 12.3 Å². The van der Waals surface area contributed by atoms with Crippen LogP contribution in [0, 0.1) is 17.2 Å². The topological polar surface area (TPSA) is 64.3 Å². The van der Waals surface area contributed by atoms with Crippen molar-refractivity contribution in [3.05, 3.63) is 35.4 Å². The summed E-state index contributed by atoms with van der Waals surface area (Å²) in [6.07, 6.45) is 0.0588. The number of benzene rings is 1. The van der Waals surface area contributed by atoms with Gasteiger partial charge in [-0.05, 0) is 24.6 Å². The number of nitrogens with zero attached hydrogens (tertiary/aromatic N) is 2. The first-order valence-corrected chi connectivity index (χ1v) is 6.46. The van der Waals surface area contributed by atoms with Crippen molar-refractivity contribution >= 4 is 5.97 Å². The molecule has 1 rings (SSSR count). The number of carboxylic acids is 1. The zero-order valence-electron chi connectivity index (χ0n) is 11.5. The number of hydrogen-bond donors (Lipinski definition) is 1. The monoisotopic (exact) mass is 260 g/mol. The van der Waals surface area contributed by atoms with Crippen molar-refractivity contribution in [1.82, 2.24) is 4.90 Å². The minimum Gasteiger partial charge on any atom is -0.481 e. The Hall–Kier alpha value is -1.86. The van der Waals surface area contributed by atoms with Crippen LogP contribution in [0.25, 0.3) is 0 Å². The van der Waals surface area contributed by atoms with Crippen molar-refractivity contribution in [2.75, 3.05) is 13.1 Å². The molecule has 0 amide bonds. The highest BCUT2D eigenvalue weighted by atomic mass is 16.4. The van der Waals surface area contributed by atoms with Crippen LogP contribution in [0.15, 0.2) is 24.3 Å². The summed E-state index contributed by atoms with van der Waals surface area (Å²) in [7, 11) is 0. The van der Waals surface area contributed by atoms with E-state index in [0.29, 0.717) is 0 Å². The van der Waals surface area contributed by atoms with E-state index in [9.17, 15) is 4.79 Å². The summed E-state index contributed by atoms with van der Waals surface area (Å²) in [5.74, 6) is -0.794. The molecule has 0 saturated heterocycles. The standard InChI is InChI=1S/C15H20N2O2/c1-3-17(10-12(2)9-16)11-14-6-4-13(5-7-14)8-15(18)19/h4-7,12H,3,8,10-11H2,1-2H3,(H,18,19). The Morgan fingerprint density at radius 3 is 2.42 bits per heavy atom.